The molecule has 0 aromatic heterocycles. The fourth-order valence-electron chi connectivity index (χ4n) is 3.53. The number of esters is 1. The Morgan fingerprint density at radius 3 is 2.52 bits per heavy atom. The highest BCUT2D eigenvalue weighted by molar-refractivity contribution is 7.91. The van der Waals surface area contributed by atoms with Crippen molar-refractivity contribution in [3.8, 4) is 11.5 Å². The molecule has 2 aromatic carbocycles. The van der Waals surface area contributed by atoms with Gasteiger partial charge in [-0.05, 0) is 41.5 Å². The van der Waals surface area contributed by atoms with E-state index in [1.165, 1.54) is 0 Å². The maximum atomic E-state index is 12.6. The monoisotopic (exact) mass is 416 g/mol. The van der Waals surface area contributed by atoms with Gasteiger partial charge in [0.15, 0.2) is 9.84 Å². The van der Waals surface area contributed by atoms with Crippen molar-refractivity contribution in [3.05, 3.63) is 36.4 Å². The Kier molecular flexibility index (Phi) is 4.99. The van der Waals surface area contributed by atoms with E-state index in [4.69, 9.17) is 9.47 Å². The number of methoxy groups -OCH3 is 1. The number of rotatable bonds is 4. The molecule has 1 atom stereocenters. The molecule has 1 amide bonds. The molecule has 1 fully saturated rings. The minimum Gasteiger partial charge on any atom is -0.497 e. The molecule has 2 aromatic rings. The zero-order valence-corrected chi connectivity index (χ0v) is 16.6. The van der Waals surface area contributed by atoms with Gasteiger partial charge in [0.05, 0.1) is 24.7 Å². The first-order chi connectivity index (χ1) is 13.8. The third-order valence-electron chi connectivity index (χ3n) is 5.08. The van der Waals surface area contributed by atoms with Crippen molar-refractivity contribution < 1.29 is 27.5 Å². The second-order valence-corrected chi connectivity index (χ2v) is 9.33. The second-order valence-electron chi connectivity index (χ2n) is 7.11. The molecule has 2 heterocycles. The molecule has 2 aliphatic rings. The summed E-state index contributed by atoms with van der Waals surface area (Å²) in [4.78, 5) is 24.8. The molecule has 4 rings (SSSR count). The summed E-state index contributed by atoms with van der Waals surface area (Å²) in [7, 11) is -1.59. The van der Waals surface area contributed by atoms with E-state index < -0.39 is 21.8 Å². The van der Waals surface area contributed by atoms with Crippen LogP contribution >= 0.6 is 0 Å². The van der Waals surface area contributed by atoms with Crippen molar-refractivity contribution >= 4 is 38.2 Å². The van der Waals surface area contributed by atoms with Crippen molar-refractivity contribution in [3.63, 3.8) is 0 Å². The standard InChI is InChI=1S/C20H20N2O6S/c1-27-16-4-2-13-3-5-17(11-14(13)10-16)28-20(24)18-6-7-19(23)22(21-18)15-8-9-29(25,26)12-15/h2-5,10-11,15H,6-9,12H2,1H3. The van der Waals surface area contributed by atoms with Gasteiger partial charge in [0.25, 0.3) is 0 Å². The number of hydrazone groups is 1. The predicted molar refractivity (Wildman–Crippen MR) is 107 cm³/mol. The van der Waals surface area contributed by atoms with Crippen LogP contribution in [0.25, 0.3) is 10.8 Å². The fourth-order valence-corrected chi connectivity index (χ4v) is 5.22. The van der Waals surface area contributed by atoms with Crippen molar-refractivity contribution in [2.75, 3.05) is 18.6 Å². The molecule has 0 bridgehead atoms. The maximum Gasteiger partial charge on any atom is 0.359 e. The summed E-state index contributed by atoms with van der Waals surface area (Å²) in [5, 5.41) is 7.11. The van der Waals surface area contributed by atoms with Crippen LogP contribution < -0.4 is 9.47 Å². The number of hydrogen-bond acceptors (Lipinski definition) is 7. The number of fused-ring (bicyclic) bond motifs is 1. The summed E-state index contributed by atoms with van der Waals surface area (Å²) >= 11 is 0. The average molecular weight is 416 g/mol. The van der Waals surface area contributed by atoms with Gasteiger partial charge in [-0.3, -0.25) is 4.79 Å². The van der Waals surface area contributed by atoms with E-state index in [-0.39, 0.29) is 36.0 Å². The van der Waals surface area contributed by atoms with Gasteiger partial charge in [-0.25, -0.2) is 18.2 Å². The molecule has 0 aliphatic carbocycles. The van der Waals surface area contributed by atoms with Crippen LogP contribution in [0.1, 0.15) is 19.3 Å². The van der Waals surface area contributed by atoms with Gasteiger partial charge in [0.1, 0.15) is 17.2 Å². The predicted octanol–water partition coefficient (Wildman–Crippen LogP) is 1.92. The SMILES string of the molecule is COc1ccc2ccc(OC(=O)C3=NN(C4CCS(=O)(=O)C4)C(=O)CC3)cc2c1. The summed E-state index contributed by atoms with van der Waals surface area (Å²) in [6.07, 6.45) is 0.584. The largest absolute Gasteiger partial charge is 0.497 e. The summed E-state index contributed by atoms with van der Waals surface area (Å²) in [5.41, 5.74) is 0.111. The third-order valence-corrected chi connectivity index (χ3v) is 6.83. The van der Waals surface area contributed by atoms with Crippen molar-refractivity contribution in [2.45, 2.75) is 25.3 Å². The van der Waals surface area contributed by atoms with Crippen LogP contribution in [-0.4, -0.2) is 55.7 Å². The number of sulfone groups is 1. The van der Waals surface area contributed by atoms with Crippen LogP contribution in [0.2, 0.25) is 0 Å². The highest BCUT2D eigenvalue weighted by Gasteiger charge is 2.37. The molecule has 0 N–H and O–H groups in total. The molecule has 152 valence electrons. The number of benzene rings is 2. The zero-order chi connectivity index (χ0) is 20.6. The number of nitrogens with zero attached hydrogens (tertiary/aromatic N) is 2. The minimum atomic E-state index is -3.17. The minimum absolute atomic E-state index is 0.0251. The highest BCUT2D eigenvalue weighted by atomic mass is 32.2. The summed E-state index contributed by atoms with van der Waals surface area (Å²) in [6.45, 7) is 0. The van der Waals surface area contributed by atoms with Gasteiger partial charge in [-0.15, -0.1) is 0 Å². The number of amides is 1. The first-order valence-electron chi connectivity index (χ1n) is 9.24. The van der Waals surface area contributed by atoms with E-state index in [1.807, 2.05) is 24.3 Å². The van der Waals surface area contributed by atoms with E-state index in [1.54, 1.807) is 19.2 Å². The second kappa shape index (κ2) is 7.47. The molecule has 2 aliphatic heterocycles. The topological polar surface area (TPSA) is 102 Å². The molecule has 1 saturated heterocycles. The Morgan fingerprint density at radius 2 is 1.83 bits per heavy atom. The van der Waals surface area contributed by atoms with Crippen LogP contribution in [-0.2, 0) is 19.4 Å². The van der Waals surface area contributed by atoms with Gasteiger partial charge in [-0.1, -0.05) is 12.1 Å². The van der Waals surface area contributed by atoms with Crippen molar-refractivity contribution in [2.24, 2.45) is 5.10 Å². The van der Waals surface area contributed by atoms with Gasteiger partial charge in [0, 0.05) is 12.8 Å². The van der Waals surface area contributed by atoms with Crippen molar-refractivity contribution in [1.29, 1.82) is 0 Å². The number of carbonyl (C=O) groups excluding carboxylic acids is 2. The van der Waals surface area contributed by atoms with E-state index in [2.05, 4.69) is 5.10 Å². The van der Waals surface area contributed by atoms with Gasteiger partial charge >= 0.3 is 5.97 Å². The zero-order valence-electron chi connectivity index (χ0n) is 15.8. The number of ether oxygens (including phenoxy) is 2. The highest BCUT2D eigenvalue weighted by Crippen LogP contribution is 2.26. The number of carbonyl (C=O) groups is 2. The Balaban J connectivity index is 1.53. The molecule has 1 unspecified atom stereocenters. The van der Waals surface area contributed by atoms with E-state index in [9.17, 15) is 18.0 Å². The quantitative estimate of drug-likeness (QED) is 0.557. The van der Waals surface area contributed by atoms with E-state index in [0.717, 1.165) is 15.8 Å². The normalized spacial score (nSPS) is 21.1. The molecule has 0 saturated carbocycles. The molecular weight excluding hydrogens is 396 g/mol. The molecule has 0 radical (unpaired) electrons. The third kappa shape index (κ3) is 4.09. The van der Waals surface area contributed by atoms with Crippen LogP contribution in [0.5, 0.6) is 11.5 Å². The van der Waals surface area contributed by atoms with Gasteiger partial charge in [-0.2, -0.15) is 5.10 Å². The summed E-state index contributed by atoms with van der Waals surface area (Å²) in [5.74, 6) is 0.0182. The lowest BCUT2D eigenvalue weighted by atomic mass is 10.1. The van der Waals surface area contributed by atoms with Crippen LogP contribution in [0.4, 0.5) is 0 Å². The van der Waals surface area contributed by atoms with Gasteiger partial charge < -0.3 is 9.47 Å². The van der Waals surface area contributed by atoms with Crippen molar-refractivity contribution in [1.82, 2.24) is 5.01 Å². The molecular formula is C20H20N2O6S. The molecule has 0 spiro atoms. The molecule has 29 heavy (non-hydrogen) atoms. The summed E-state index contributed by atoms with van der Waals surface area (Å²) < 4.78 is 34.1. The first kappa shape index (κ1) is 19.4. The lowest BCUT2D eigenvalue weighted by Crippen LogP contribution is -2.42. The van der Waals surface area contributed by atoms with Crippen LogP contribution in [0, 0.1) is 0 Å². The average Bonchev–Trinajstić information content (AvgIpc) is 3.07. The van der Waals surface area contributed by atoms with E-state index >= 15 is 0 Å². The molecule has 9 heteroatoms. The number of hydrogen-bond donors (Lipinski definition) is 0. The first-order valence-corrected chi connectivity index (χ1v) is 11.1. The maximum absolute atomic E-state index is 12.6. The Bertz CT molecular complexity index is 1120. The fraction of sp³-hybridized carbons (Fsp3) is 0.350. The Hall–Kier alpha value is -2.94. The lowest BCUT2D eigenvalue weighted by Gasteiger charge is -2.27. The Labute approximate surface area is 168 Å². The summed E-state index contributed by atoms with van der Waals surface area (Å²) in [6, 6.07) is 10.3. The van der Waals surface area contributed by atoms with Gasteiger partial charge in [0.2, 0.25) is 5.91 Å². The lowest BCUT2D eigenvalue weighted by molar-refractivity contribution is -0.134. The van der Waals surface area contributed by atoms with E-state index in [0.29, 0.717) is 17.9 Å². The van der Waals surface area contributed by atoms with Crippen LogP contribution in [0.3, 0.4) is 0 Å². The van der Waals surface area contributed by atoms with Crippen LogP contribution in [0.15, 0.2) is 41.5 Å². The Morgan fingerprint density at radius 1 is 1.10 bits per heavy atom. The molecule has 8 nitrogen and oxygen atoms in total. The smallest absolute Gasteiger partial charge is 0.359 e.